The number of hydrogen-bond acceptors (Lipinski definition) is 8. The van der Waals surface area contributed by atoms with Gasteiger partial charge in [0.1, 0.15) is 18.2 Å². The Morgan fingerprint density at radius 1 is 0.972 bits per heavy atom. The van der Waals surface area contributed by atoms with Gasteiger partial charge in [0.25, 0.3) is 11.8 Å². The number of nitrogens with zero attached hydrogens (tertiary/aromatic N) is 1. The molecule has 36 heavy (non-hydrogen) atoms. The minimum Gasteiger partial charge on any atom is -0.459 e. The molecule has 0 saturated carbocycles. The number of alkyl carbamates (subject to hydrolysis) is 1. The van der Waals surface area contributed by atoms with E-state index in [1.807, 2.05) is 25.1 Å². The molecule has 0 aliphatic carbocycles. The molecule has 0 saturated heterocycles. The van der Waals surface area contributed by atoms with E-state index in [0.29, 0.717) is 5.06 Å². The van der Waals surface area contributed by atoms with E-state index in [0.717, 1.165) is 11.1 Å². The summed E-state index contributed by atoms with van der Waals surface area (Å²) < 4.78 is 10.5. The quantitative estimate of drug-likeness (QED) is 0.435. The van der Waals surface area contributed by atoms with E-state index in [1.165, 1.54) is 12.1 Å². The minimum absolute atomic E-state index is 0.0352. The lowest BCUT2D eigenvalue weighted by Crippen LogP contribution is -2.44. The molecule has 1 N–H and O–H groups in total. The Balaban J connectivity index is 1.62. The molecule has 1 aliphatic rings. The molecule has 0 spiro atoms. The first kappa shape index (κ1) is 26.4. The van der Waals surface area contributed by atoms with Crippen molar-refractivity contribution >= 4 is 29.8 Å². The van der Waals surface area contributed by atoms with E-state index in [1.54, 1.807) is 39.0 Å². The Kier molecular flexibility index (Phi) is 8.08. The standard InChI is InChI=1S/C26H28N2O8/c1-16-8-7-9-17(14-16)15-34-24(32)20(27-25(33)35-26(2,3)4)12-13-21(29)36-28-22(30)18-10-5-6-11-19(18)23(28)31/h5-11,14,20H,12-13,15H2,1-4H3,(H,27,33)/t20-/m0/s1. The van der Waals surface area contributed by atoms with E-state index in [4.69, 9.17) is 14.3 Å². The van der Waals surface area contributed by atoms with Crippen LogP contribution in [0, 0.1) is 6.92 Å². The largest absolute Gasteiger partial charge is 0.459 e. The molecule has 10 nitrogen and oxygen atoms in total. The van der Waals surface area contributed by atoms with Crippen molar-refractivity contribution in [2.75, 3.05) is 0 Å². The lowest BCUT2D eigenvalue weighted by Gasteiger charge is -2.23. The average Bonchev–Trinajstić information content (AvgIpc) is 3.04. The molecule has 1 aliphatic heterocycles. The van der Waals surface area contributed by atoms with Gasteiger partial charge in [0.15, 0.2) is 0 Å². The third-order valence-corrected chi connectivity index (χ3v) is 5.03. The van der Waals surface area contributed by atoms with Gasteiger partial charge in [-0.2, -0.15) is 0 Å². The van der Waals surface area contributed by atoms with E-state index >= 15 is 0 Å². The third-order valence-electron chi connectivity index (χ3n) is 5.03. The van der Waals surface area contributed by atoms with Crippen LogP contribution >= 0.6 is 0 Å². The van der Waals surface area contributed by atoms with Gasteiger partial charge in [-0.1, -0.05) is 47.0 Å². The topological polar surface area (TPSA) is 128 Å². The molecule has 1 atom stereocenters. The summed E-state index contributed by atoms with van der Waals surface area (Å²) in [6.07, 6.45) is -1.48. The van der Waals surface area contributed by atoms with Crippen molar-refractivity contribution in [1.82, 2.24) is 10.4 Å². The van der Waals surface area contributed by atoms with Gasteiger partial charge in [0.05, 0.1) is 17.5 Å². The average molecular weight is 497 g/mol. The van der Waals surface area contributed by atoms with Crippen molar-refractivity contribution in [1.29, 1.82) is 0 Å². The summed E-state index contributed by atoms with van der Waals surface area (Å²) in [5.41, 5.74) is 1.18. The van der Waals surface area contributed by atoms with Crippen molar-refractivity contribution in [3.8, 4) is 0 Å². The Hall–Kier alpha value is -4.21. The number of nitrogens with one attached hydrogen (secondary N) is 1. The van der Waals surface area contributed by atoms with Gasteiger partial charge < -0.3 is 19.6 Å². The highest BCUT2D eigenvalue weighted by Crippen LogP contribution is 2.23. The van der Waals surface area contributed by atoms with Gasteiger partial charge in [0.2, 0.25) is 0 Å². The summed E-state index contributed by atoms with van der Waals surface area (Å²) in [7, 11) is 0. The van der Waals surface area contributed by atoms with Crippen LogP contribution in [0.3, 0.4) is 0 Å². The molecular weight excluding hydrogens is 468 g/mol. The number of hydroxylamine groups is 2. The lowest BCUT2D eigenvalue weighted by molar-refractivity contribution is -0.169. The van der Waals surface area contributed by atoms with E-state index in [-0.39, 0.29) is 24.2 Å². The molecule has 3 rings (SSSR count). The molecule has 0 aromatic heterocycles. The second-order valence-corrected chi connectivity index (χ2v) is 9.25. The summed E-state index contributed by atoms with van der Waals surface area (Å²) in [6.45, 7) is 6.86. The number of hydrogen-bond donors (Lipinski definition) is 1. The fourth-order valence-corrected chi connectivity index (χ4v) is 3.42. The first-order chi connectivity index (χ1) is 16.9. The molecule has 2 aromatic carbocycles. The number of carbonyl (C=O) groups is 5. The van der Waals surface area contributed by atoms with E-state index < -0.39 is 47.9 Å². The summed E-state index contributed by atoms with van der Waals surface area (Å²) in [4.78, 5) is 67.2. The molecule has 0 fully saturated rings. The molecule has 0 unspecified atom stereocenters. The number of ether oxygens (including phenoxy) is 2. The van der Waals surface area contributed by atoms with Gasteiger partial charge in [-0.05, 0) is 51.8 Å². The van der Waals surface area contributed by atoms with Crippen molar-refractivity contribution in [3.63, 3.8) is 0 Å². The molecule has 190 valence electrons. The molecule has 0 bridgehead atoms. The maximum absolute atomic E-state index is 12.7. The third kappa shape index (κ3) is 6.91. The Morgan fingerprint density at radius 2 is 1.61 bits per heavy atom. The molecule has 10 heteroatoms. The number of carbonyl (C=O) groups excluding carboxylic acids is 5. The number of benzene rings is 2. The zero-order valence-electron chi connectivity index (χ0n) is 20.5. The molecular formula is C26H28N2O8. The van der Waals surface area contributed by atoms with Gasteiger partial charge in [-0.25, -0.2) is 14.4 Å². The first-order valence-corrected chi connectivity index (χ1v) is 11.3. The van der Waals surface area contributed by atoms with E-state index in [9.17, 15) is 24.0 Å². The number of fused-ring (bicyclic) bond motifs is 1. The molecule has 1 heterocycles. The number of esters is 1. The lowest BCUT2D eigenvalue weighted by atomic mass is 10.1. The predicted octanol–water partition coefficient (Wildman–Crippen LogP) is 3.47. The van der Waals surface area contributed by atoms with Crippen LogP contribution in [-0.2, 0) is 30.5 Å². The van der Waals surface area contributed by atoms with Gasteiger partial charge >= 0.3 is 18.0 Å². The van der Waals surface area contributed by atoms with Crippen LogP contribution in [0.25, 0.3) is 0 Å². The van der Waals surface area contributed by atoms with Crippen molar-refractivity contribution in [2.24, 2.45) is 0 Å². The van der Waals surface area contributed by atoms with Crippen LogP contribution in [-0.4, -0.2) is 46.6 Å². The Labute approximate surface area is 208 Å². The Morgan fingerprint density at radius 3 is 2.19 bits per heavy atom. The smallest absolute Gasteiger partial charge is 0.408 e. The zero-order valence-corrected chi connectivity index (χ0v) is 20.5. The Bertz CT molecular complexity index is 1150. The van der Waals surface area contributed by atoms with Crippen LogP contribution in [0.2, 0.25) is 0 Å². The van der Waals surface area contributed by atoms with Crippen molar-refractivity contribution < 1.29 is 38.3 Å². The number of amides is 3. The molecule has 0 radical (unpaired) electrons. The maximum Gasteiger partial charge on any atom is 0.408 e. The van der Waals surface area contributed by atoms with Gasteiger partial charge in [-0.15, -0.1) is 0 Å². The van der Waals surface area contributed by atoms with Gasteiger partial charge in [-0.3, -0.25) is 9.59 Å². The van der Waals surface area contributed by atoms with Crippen LogP contribution < -0.4 is 5.32 Å². The fourth-order valence-electron chi connectivity index (χ4n) is 3.42. The molecule has 2 aromatic rings. The highest BCUT2D eigenvalue weighted by Gasteiger charge is 2.38. The van der Waals surface area contributed by atoms with Crippen LogP contribution in [0.5, 0.6) is 0 Å². The SMILES string of the molecule is Cc1cccc(COC(=O)[C@H](CCC(=O)ON2C(=O)c3ccccc3C2=O)NC(=O)OC(C)(C)C)c1. The second kappa shape index (κ2) is 11.0. The summed E-state index contributed by atoms with van der Waals surface area (Å²) in [5, 5.41) is 2.80. The van der Waals surface area contributed by atoms with Crippen molar-refractivity contribution in [3.05, 3.63) is 70.8 Å². The minimum atomic E-state index is -1.24. The highest BCUT2D eigenvalue weighted by molar-refractivity contribution is 6.20. The predicted molar refractivity (Wildman–Crippen MR) is 126 cm³/mol. The summed E-state index contributed by atoms with van der Waals surface area (Å²) >= 11 is 0. The maximum atomic E-state index is 12.7. The monoisotopic (exact) mass is 496 g/mol. The fraction of sp³-hybridized carbons (Fsp3) is 0.346. The first-order valence-electron chi connectivity index (χ1n) is 11.3. The number of rotatable bonds is 8. The van der Waals surface area contributed by atoms with Crippen LogP contribution in [0.15, 0.2) is 48.5 Å². The number of imide groups is 1. The highest BCUT2D eigenvalue weighted by atomic mass is 16.7. The van der Waals surface area contributed by atoms with Gasteiger partial charge in [0, 0.05) is 0 Å². The normalized spacial score (nSPS) is 13.6. The van der Waals surface area contributed by atoms with Crippen molar-refractivity contribution in [2.45, 2.75) is 58.8 Å². The van der Waals surface area contributed by atoms with Crippen LogP contribution in [0.1, 0.15) is 65.5 Å². The molecule has 3 amide bonds. The van der Waals surface area contributed by atoms with Crippen LogP contribution in [0.4, 0.5) is 4.79 Å². The second-order valence-electron chi connectivity index (χ2n) is 9.25. The summed E-state index contributed by atoms with van der Waals surface area (Å²) in [6, 6.07) is 12.2. The van der Waals surface area contributed by atoms with E-state index in [2.05, 4.69) is 5.32 Å². The number of aryl methyl sites for hydroxylation is 1. The summed E-state index contributed by atoms with van der Waals surface area (Å²) in [5.74, 6) is -3.24. The zero-order chi connectivity index (χ0) is 26.5.